The average molecular weight is 332 g/mol. The van der Waals surface area contributed by atoms with Gasteiger partial charge in [-0.1, -0.05) is 58.3 Å². The highest BCUT2D eigenvalue weighted by atomic mass is 35.7. The lowest BCUT2D eigenvalue weighted by Crippen LogP contribution is -3.00. The Morgan fingerprint density at radius 3 is 1.32 bits per heavy atom. The standard InChI is InChI=1S/C15H34N.ClH2P.ClH/c1-5-6-7-8-9-10-11-12-13-14-15-16(2,3)4;1-2;/h5-15H2,1-4H3;2H2;1H/q+1;;/p-1. The molecule has 0 aliphatic carbocycles. The minimum Gasteiger partial charge on any atom is -1.00 e. The summed E-state index contributed by atoms with van der Waals surface area (Å²) in [5.74, 6) is 0. The predicted octanol–water partition coefficient (Wildman–Crippen LogP) is 2.63. The first-order chi connectivity index (χ1) is 8.56. The summed E-state index contributed by atoms with van der Waals surface area (Å²) in [7, 11) is 8.75. The van der Waals surface area contributed by atoms with Crippen molar-refractivity contribution in [2.45, 2.75) is 71.1 Å². The van der Waals surface area contributed by atoms with Gasteiger partial charge in [0.1, 0.15) is 0 Å². The quantitative estimate of drug-likeness (QED) is 0.310. The predicted molar refractivity (Wildman–Crippen MR) is 90.3 cm³/mol. The summed E-state index contributed by atoms with van der Waals surface area (Å²) in [6, 6.07) is 0. The van der Waals surface area contributed by atoms with Crippen LogP contribution in [0.2, 0.25) is 0 Å². The highest BCUT2D eigenvalue weighted by Crippen LogP contribution is 2.10. The molecule has 0 bridgehead atoms. The van der Waals surface area contributed by atoms with Crippen LogP contribution in [-0.2, 0) is 0 Å². The van der Waals surface area contributed by atoms with E-state index in [1.807, 2.05) is 8.59 Å². The molecule has 0 amide bonds. The average Bonchev–Trinajstić information content (AvgIpc) is 2.33. The monoisotopic (exact) mass is 331 g/mol. The van der Waals surface area contributed by atoms with Crippen molar-refractivity contribution in [1.29, 1.82) is 0 Å². The molecule has 4 heteroatoms. The van der Waals surface area contributed by atoms with Gasteiger partial charge >= 0.3 is 0 Å². The molecular weight excluding hydrogens is 296 g/mol. The van der Waals surface area contributed by atoms with E-state index in [4.69, 9.17) is 0 Å². The third kappa shape index (κ3) is 28.0. The van der Waals surface area contributed by atoms with Crippen molar-refractivity contribution in [2.75, 3.05) is 27.7 Å². The van der Waals surface area contributed by atoms with Gasteiger partial charge in [0, 0.05) is 0 Å². The van der Waals surface area contributed by atoms with Gasteiger partial charge in [-0.3, -0.25) is 0 Å². The number of hydrogen-bond acceptors (Lipinski definition) is 0. The SMILES string of the molecule is CCCCCCCCCCCC[N+](C)(C)C.PCl.[Cl-]. The van der Waals surface area contributed by atoms with Crippen LogP contribution in [0.15, 0.2) is 0 Å². The molecule has 1 atom stereocenters. The third-order valence-corrected chi connectivity index (χ3v) is 3.18. The first kappa shape index (κ1) is 25.0. The zero-order valence-electron chi connectivity index (χ0n) is 13.6. The molecule has 0 fully saturated rings. The summed E-state index contributed by atoms with van der Waals surface area (Å²) in [6.07, 6.45) is 14.4. The van der Waals surface area contributed by atoms with Crippen LogP contribution in [0, 0.1) is 0 Å². The van der Waals surface area contributed by atoms with Gasteiger partial charge in [-0.2, -0.15) is 0 Å². The van der Waals surface area contributed by atoms with Crippen LogP contribution < -0.4 is 12.4 Å². The van der Waals surface area contributed by atoms with E-state index in [1.165, 1.54) is 70.8 Å². The maximum Gasteiger partial charge on any atom is 0.0780 e. The lowest BCUT2D eigenvalue weighted by Gasteiger charge is -2.23. The molecule has 0 rings (SSSR count). The molecule has 0 aliphatic heterocycles. The molecule has 0 aromatic carbocycles. The van der Waals surface area contributed by atoms with Gasteiger partial charge in [0.2, 0.25) is 0 Å². The maximum absolute atomic E-state index is 4.56. The van der Waals surface area contributed by atoms with Crippen molar-refractivity contribution in [3.05, 3.63) is 0 Å². The fraction of sp³-hybridized carbons (Fsp3) is 1.00. The largest absolute Gasteiger partial charge is 1.00 e. The van der Waals surface area contributed by atoms with E-state index in [9.17, 15) is 0 Å². The van der Waals surface area contributed by atoms with Crippen LogP contribution in [0.3, 0.4) is 0 Å². The van der Waals surface area contributed by atoms with Crippen LogP contribution in [0.1, 0.15) is 71.1 Å². The van der Waals surface area contributed by atoms with Gasteiger partial charge in [-0.25, -0.2) is 0 Å². The van der Waals surface area contributed by atoms with Crippen LogP contribution >= 0.6 is 19.8 Å². The second kappa shape index (κ2) is 19.0. The zero-order chi connectivity index (χ0) is 14.3. The fourth-order valence-corrected chi connectivity index (χ4v) is 2.07. The van der Waals surface area contributed by atoms with Crippen LogP contribution in [0.4, 0.5) is 0 Å². The van der Waals surface area contributed by atoms with Gasteiger partial charge in [-0.05, 0) is 21.4 Å². The first-order valence-electron chi connectivity index (χ1n) is 7.58. The van der Waals surface area contributed by atoms with E-state index in [-0.39, 0.29) is 12.4 Å². The molecule has 1 nitrogen and oxygen atoms in total. The summed E-state index contributed by atoms with van der Waals surface area (Å²) in [6.45, 7) is 3.62. The molecule has 1 unspecified atom stereocenters. The van der Waals surface area contributed by atoms with Gasteiger partial charge in [-0.15, -0.1) is 11.2 Å². The molecule has 0 aromatic heterocycles. The highest BCUT2D eigenvalue weighted by molar-refractivity contribution is 7.52. The number of nitrogens with zero attached hydrogens (tertiary/aromatic N) is 1. The molecule has 0 N–H and O–H groups in total. The summed E-state index contributed by atoms with van der Waals surface area (Å²) in [5, 5.41) is 0. The highest BCUT2D eigenvalue weighted by Gasteiger charge is 2.04. The van der Waals surface area contributed by atoms with Gasteiger partial charge < -0.3 is 16.9 Å². The van der Waals surface area contributed by atoms with E-state index < -0.39 is 0 Å². The Hall–Kier alpha value is 0.970. The van der Waals surface area contributed by atoms with Gasteiger partial charge in [0.15, 0.2) is 0 Å². The fourth-order valence-electron chi connectivity index (χ4n) is 2.07. The lowest BCUT2D eigenvalue weighted by molar-refractivity contribution is -0.870. The lowest BCUT2D eigenvalue weighted by atomic mass is 10.1. The first-order valence-corrected chi connectivity index (χ1v) is 9.33. The molecule has 0 saturated heterocycles. The summed E-state index contributed by atoms with van der Waals surface area (Å²) in [5.41, 5.74) is 0. The normalized spacial score (nSPS) is 10.4. The minimum absolute atomic E-state index is 0. The number of rotatable bonds is 11. The van der Waals surface area contributed by atoms with Crippen LogP contribution in [0.5, 0.6) is 0 Å². The molecule has 0 aliphatic rings. The van der Waals surface area contributed by atoms with E-state index >= 15 is 0 Å². The second-order valence-corrected chi connectivity index (χ2v) is 6.20. The number of hydrogen-bond donors (Lipinski definition) is 0. The van der Waals surface area contributed by atoms with Crippen LogP contribution in [0.25, 0.3) is 0 Å². The summed E-state index contributed by atoms with van der Waals surface area (Å²) < 4.78 is 1.12. The molecule has 19 heavy (non-hydrogen) atoms. The van der Waals surface area contributed by atoms with Crippen LogP contribution in [-0.4, -0.2) is 32.2 Å². The van der Waals surface area contributed by atoms with E-state index in [0.717, 1.165) is 4.48 Å². The smallest absolute Gasteiger partial charge is 0.0780 e. The van der Waals surface area contributed by atoms with Crippen molar-refractivity contribution >= 4 is 19.8 Å². The summed E-state index contributed by atoms with van der Waals surface area (Å²) >= 11 is 4.56. The Morgan fingerprint density at radius 2 is 1.00 bits per heavy atom. The second-order valence-electron chi connectivity index (χ2n) is 6.20. The number of unbranched alkanes of at least 4 members (excludes halogenated alkanes) is 9. The van der Waals surface area contributed by atoms with Crippen molar-refractivity contribution < 1.29 is 16.9 Å². The van der Waals surface area contributed by atoms with E-state index in [2.05, 4.69) is 39.3 Å². The van der Waals surface area contributed by atoms with Crippen molar-refractivity contribution in [1.82, 2.24) is 0 Å². The van der Waals surface area contributed by atoms with Crippen molar-refractivity contribution in [3.63, 3.8) is 0 Å². The Morgan fingerprint density at radius 1 is 0.684 bits per heavy atom. The molecule has 0 aromatic rings. The topological polar surface area (TPSA) is 0 Å². The maximum atomic E-state index is 4.56. The molecule has 120 valence electrons. The Balaban J connectivity index is -0.000000809. The minimum atomic E-state index is 0. The third-order valence-electron chi connectivity index (χ3n) is 3.18. The Labute approximate surface area is 135 Å². The summed E-state index contributed by atoms with van der Waals surface area (Å²) in [4.78, 5) is 0. The Kier molecular flexibility index (Phi) is 24.9. The van der Waals surface area contributed by atoms with Crippen molar-refractivity contribution in [2.24, 2.45) is 0 Å². The molecule has 0 heterocycles. The molecule has 0 radical (unpaired) electrons. The molecular formula is C15H36Cl2NP. The van der Waals surface area contributed by atoms with Gasteiger partial charge in [0.05, 0.1) is 27.7 Å². The molecule has 0 spiro atoms. The van der Waals surface area contributed by atoms with E-state index in [0.29, 0.717) is 0 Å². The van der Waals surface area contributed by atoms with Crippen molar-refractivity contribution in [3.8, 4) is 0 Å². The van der Waals surface area contributed by atoms with E-state index in [1.54, 1.807) is 0 Å². The zero-order valence-corrected chi connectivity index (χ0v) is 16.2. The number of quaternary nitrogens is 1. The number of halogens is 2. The molecule has 0 saturated carbocycles. The Bertz CT molecular complexity index is 150. The van der Waals surface area contributed by atoms with Gasteiger partial charge in [0.25, 0.3) is 0 Å².